The highest BCUT2D eigenvalue weighted by atomic mass is 16.6. The average Bonchev–Trinajstić information content (AvgIpc) is 2.47. The van der Waals surface area contributed by atoms with Crippen LogP contribution in [0.1, 0.15) is 30.1 Å². The molecule has 21 heavy (non-hydrogen) atoms. The van der Waals surface area contributed by atoms with Crippen LogP contribution in [0.15, 0.2) is 18.2 Å². The van der Waals surface area contributed by atoms with Gasteiger partial charge in [0.1, 0.15) is 5.69 Å². The van der Waals surface area contributed by atoms with Crippen molar-refractivity contribution in [2.45, 2.75) is 25.8 Å². The van der Waals surface area contributed by atoms with Gasteiger partial charge in [0.25, 0.3) is 11.6 Å². The predicted octanol–water partition coefficient (Wildman–Crippen LogP) is 1.27. The largest absolute Gasteiger partial charge is 0.366 e. The topological polar surface area (TPSA) is 102 Å². The van der Waals surface area contributed by atoms with Gasteiger partial charge in [0.2, 0.25) is 0 Å². The molecule has 0 unspecified atom stereocenters. The second kappa shape index (κ2) is 6.53. The first-order valence-electron chi connectivity index (χ1n) is 7.10. The van der Waals surface area contributed by atoms with Crippen molar-refractivity contribution in [1.29, 1.82) is 0 Å². The van der Waals surface area contributed by atoms with Crippen LogP contribution in [0.3, 0.4) is 0 Å². The summed E-state index contributed by atoms with van der Waals surface area (Å²) in [7, 11) is 0. The minimum Gasteiger partial charge on any atom is -0.366 e. The molecule has 0 aliphatic carbocycles. The predicted molar refractivity (Wildman–Crippen MR) is 80.5 cm³/mol. The van der Waals surface area contributed by atoms with E-state index in [0.717, 1.165) is 12.8 Å². The zero-order chi connectivity index (χ0) is 15.4. The van der Waals surface area contributed by atoms with E-state index in [1.807, 2.05) is 4.90 Å². The number of rotatable bonds is 4. The molecule has 2 rings (SSSR count). The van der Waals surface area contributed by atoms with Crippen LogP contribution in [0.4, 0.5) is 11.4 Å². The van der Waals surface area contributed by atoms with Crippen molar-refractivity contribution in [2.24, 2.45) is 5.73 Å². The molecule has 0 radical (unpaired) electrons. The Morgan fingerprint density at radius 1 is 1.48 bits per heavy atom. The maximum absolute atomic E-state index is 11.8. The number of carbonyl (C=O) groups excluding carboxylic acids is 1. The van der Waals surface area contributed by atoms with Crippen LogP contribution in [-0.4, -0.2) is 36.5 Å². The number of hydrogen-bond acceptors (Lipinski definition) is 5. The van der Waals surface area contributed by atoms with E-state index in [-0.39, 0.29) is 17.6 Å². The Morgan fingerprint density at radius 3 is 2.71 bits per heavy atom. The molecule has 1 saturated heterocycles. The van der Waals surface area contributed by atoms with Gasteiger partial charge >= 0.3 is 0 Å². The number of nitro benzene ring substituents is 1. The van der Waals surface area contributed by atoms with Crippen molar-refractivity contribution in [3.8, 4) is 0 Å². The third-order valence-corrected chi connectivity index (χ3v) is 3.65. The second-order valence-electron chi connectivity index (χ2n) is 5.14. The quantitative estimate of drug-likeness (QED) is 0.643. The number of nitrogens with zero attached hydrogens (tertiary/aromatic N) is 2. The van der Waals surface area contributed by atoms with Gasteiger partial charge in [0, 0.05) is 37.3 Å². The lowest BCUT2D eigenvalue weighted by molar-refractivity contribution is -0.384. The van der Waals surface area contributed by atoms with E-state index in [1.165, 1.54) is 6.07 Å². The van der Waals surface area contributed by atoms with Gasteiger partial charge in [-0.15, -0.1) is 0 Å². The maximum Gasteiger partial charge on any atom is 0.293 e. The van der Waals surface area contributed by atoms with Gasteiger partial charge in [-0.3, -0.25) is 14.9 Å². The molecule has 3 N–H and O–H groups in total. The smallest absolute Gasteiger partial charge is 0.293 e. The van der Waals surface area contributed by atoms with E-state index in [2.05, 4.69) is 5.32 Å². The summed E-state index contributed by atoms with van der Waals surface area (Å²) >= 11 is 0. The highest BCUT2D eigenvalue weighted by Gasteiger charge is 2.24. The van der Waals surface area contributed by atoms with Crippen molar-refractivity contribution in [3.05, 3.63) is 33.9 Å². The molecule has 1 heterocycles. The standard InChI is InChI=1S/C14H20N4O3/c1-2-16-14(19)10-3-4-12(13(9-10)18(20)21)17-7-5-11(15)6-8-17/h3-4,9,11H,2,5-8,15H2,1H3,(H,16,19). The zero-order valence-electron chi connectivity index (χ0n) is 12.0. The van der Waals surface area contributed by atoms with E-state index in [0.29, 0.717) is 30.9 Å². The number of amides is 1. The van der Waals surface area contributed by atoms with Crippen molar-refractivity contribution in [2.75, 3.05) is 24.5 Å². The van der Waals surface area contributed by atoms with E-state index in [9.17, 15) is 14.9 Å². The molecule has 0 saturated carbocycles. The number of benzene rings is 1. The molecule has 1 amide bonds. The fourth-order valence-corrected chi connectivity index (χ4v) is 2.48. The van der Waals surface area contributed by atoms with Gasteiger partial charge in [-0.05, 0) is 31.9 Å². The minimum atomic E-state index is -0.438. The molecule has 0 atom stereocenters. The van der Waals surface area contributed by atoms with E-state index >= 15 is 0 Å². The number of hydrogen-bond donors (Lipinski definition) is 2. The Kier molecular flexibility index (Phi) is 4.74. The summed E-state index contributed by atoms with van der Waals surface area (Å²) in [5.74, 6) is -0.298. The number of nitro groups is 1. The summed E-state index contributed by atoms with van der Waals surface area (Å²) in [6.45, 7) is 3.68. The van der Waals surface area contributed by atoms with E-state index < -0.39 is 4.92 Å². The highest BCUT2D eigenvalue weighted by molar-refractivity contribution is 5.95. The molecular weight excluding hydrogens is 272 g/mol. The van der Waals surface area contributed by atoms with Gasteiger partial charge in [0.15, 0.2) is 0 Å². The van der Waals surface area contributed by atoms with Crippen LogP contribution in [0.5, 0.6) is 0 Å². The summed E-state index contributed by atoms with van der Waals surface area (Å²) in [6.07, 6.45) is 1.63. The number of nitrogens with one attached hydrogen (secondary N) is 1. The number of nitrogens with two attached hydrogens (primary N) is 1. The molecule has 114 valence electrons. The van der Waals surface area contributed by atoms with Crippen molar-refractivity contribution < 1.29 is 9.72 Å². The molecule has 1 aliphatic heterocycles. The van der Waals surface area contributed by atoms with Crippen LogP contribution < -0.4 is 16.0 Å². The average molecular weight is 292 g/mol. The lowest BCUT2D eigenvalue weighted by atomic mass is 10.0. The fraction of sp³-hybridized carbons (Fsp3) is 0.500. The normalized spacial score (nSPS) is 15.8. The molecule has 7 heteroatoms. The van der Waals surface area contributed by atoms with Gasteiger partial charge in [-0.25, -0.2) is 0 Å². The molecule has 1 aromatic rings. The summed E-state index contributed by atoms with van der Waals surface area (Å²) in [4.78, 5) is 24.6. The first kappa shape index (κ1) is 15.2. The third-order valence-electron chi connectivity index (χ3n) is 3.65. The first-order chi connectivity index (χ1) is 10.0. The Labute approximate surface area is 123 Å². The van der Waals surface area contributed by atoms with Crippen molar-refractivity contribution in [1.82, 2.24) is 5.32 Å². The molecule has 7 nitrogen and oxygen atoms in total. The number of piperidine rings is 1. The third kappa shape index (κ3) is 3.49. The Hall–Kier alpha value is -2.15. The summed E-state index contributed by atoms with van der Waals surface area (Å²) in [5, 5.41) is 13.9. The lowest BCUT2D eigenvalue weighted by Crippen LogP contribution is -2.40. The first-order valence-corrected chi connectivity index (χ1v) is 7.10. The van der Waals surface area contributed by atoms with Gasteiger partial charge in [0.05, 0.1) is 4.92 Å². The Bertz CT molecular complexity index is 539. The molecule has 1 aromatic carbocycles. The monoisotopic (exact) mass is 292 g/mol. The second-order valence-corrected chi connectivity index (χ2v) is 5.14. The lowest BCUT2D eigenvalue weighted by Gasteiger charge is -2.31. The van der Waals surface area contributed by atoms with Crippen LogP contribution in [0.2, 0.25) is 0 Å². The van der Waals surface area contributed by atoms with Crippen LogP contribution in [0, 0.1) is 10.1 Å². The minimum absolute atomic E-state index is 0.0331. The van der Waals surface area contributed by atoms with Gasteiger partial charge in [-0.2, -0.15) is 0 Å². The molecular formula is C14H20N4O3. The fourth-order valence-electron chi connectivity index (χ4n) is 2.48. The zero-order valence-corrected chi connectivity index (χ0v) is 12.0. The van der Waals surface area contributed by atoms with Crippen molar-refractivity contribution in [3.63, 3.8) is 0 Å². The summed E-state index contributed by atoms with van der Waals surface area (Å²) in [5.41, 5.74) is 6.69. The Balaban J connectivity index is 2.29. The Morgan fingerprint density at radius 2 is 2.14 bits per heavy atom. The molecule has 0 aromatic heterocycles. The summed E-state index contributed by atoms with van der Waals surface area (Å²) < 4.78 is 0. The molecule has 0 spiro atoms. The molecule has 1 fully saturated rings. The van der Waals surface area contributed by atoms with E-state index in [4.69, 9.17) is 5.73 Å². The molecule has 1 aliphatic rings. The van der Waals surface area contributed by atoms with Crippen LogP contribution in [0.25, 0.3) is 0 Å². The van der Waals surface area contributed by atoms with Crippen molar-refractivity contribution >= 4 is 17.3 Å². The van der Waals surface area contributed by atoms with Gasteiger partial charge in [-0.1, -0.05) is 0 Å². The number of carbonyl (C=O) groups is 1. The SMILES string of the molecule is CCNC(=O)c1ccc(N2CCC(N)CC2)c([N+](=O)[O-])c1. The maximum atomic E-state index is 11.8. The summed E-state index contributed by atoms with van der Waals surface area (Å²) in [6, 6.07) is 4.78. The molecule has 0 bridgehead atoms. The highest BCUT2D eigenvalue weighted by Crippen LogP contribution is 2.31. The van der Waals surface area contributed by atoms with Gasteiger partial charge < -0.3 is 16.0 Å². The van der Waals surface area contributed by atoms with Crippen LogP contribution in [-0.2, 0) is 0 Å². The number of anilines is 1. The van der Waals surface area contributed by atoms with E-state index in [1.54, 1.807) is 19.1 Å². The van der Waals surface area contributed by atoms with Crippen LogP contribution >= 0.6 is 0 Å².